The maximum atomic E-state index is 11.5. The maximum Gasteiger partial charge on any atom is 0.302 e. The molecule has 0 amide bonds. The van der Waals surface area contributed by atoms with Crippen molar-refractivity contribution in [3.05, 3.63) is 28.8 Å². The summed E-state index contributed by atoms with van der Waals surface area (Å²) in [6.45, 7) is 3.81. The Morgan fingerprint density at radius 1 is 1.28 bits per heavy atom. The number of benzene rings is 1. The fourth-order valence-electron chi connectivity index (χ4n) is 6.07. The van der Waals surface area contributed by atoms with E-state index >= 15 is 0 Å². The normalized spacial score (nSPS) is 36.1. The lowest BCUT2D eigenvalue weighted by atomic mass is 9.55. The number of fused-ring (bicyclic) bond motifs is 5. The predicted molar refractivity (Wildman–Crippen MR) is 93.7 cm³/mol. The number of aryl methyl sites for hydroxylation is 1. The molecule has 1 N–H and O–H groups in total. The Labute approximate surface area is 148 Å². The molecule has 4 rings (SSSR count). The molecule has 2 fully saturated rings. The van der Waals surface area contributed by atoms with Crippen molar-refractivity contribution in [3.8, 4) is 5.75 Å². The average Bonchev–Trinajstić information content (AvgIpc) is 2.90. The minimum Gasteiger partial charge on any atom is -0.507 e. The van der Waals surface area contributed by atoms with E-state index in [9.17, 15) is 14.7 Å². The van der Waals surface area contributed by atoms with Crippen molar-refractivity contribution < 1.29 is 19.4 Å². The minimum absolute atomic E-state index is 0.0442. The second-order valence-electron chi connectivity index (χ2n) is 8.36. The third-order valence-corrected chi connectivity index (χ3v) is 7.22. The number of hydrogen-bond donors (Lipinski definition) is 1. The summed E-state index contributed by atoms with van der Waals surface area (Å²) in [5, 5.41) is 9.99. The first-order valence-corrected chi connectivity index (χ1v) is 9.42. The number of hydrogen-bond acceptors (Lipinski definition) is 4. The molecule has 2 saturated carbocycles. The molecule has 3 aliphatic rings. The highest BCUT2D eigenvalue weighted by atomic mass is 16.5. The van der Waals surface area contributed by atoms with Gasteiger partial charge in [0.2, 0.25) is 0 Å². The van der Waals surface area contributed by atoms with Gasteiger partial charge in [-0.2, -0.15) is 0 Å². The summed E-state index contributed by atoms with van der Waals surface area (Å²) < 4.78 is 5.67. The van der Waals surface area contributed by atoms with Crippen LogP contribution in [0.4, 0.5) is 0 Å². The van der Waals surface area contributed by atoms with Crippen LogP contribution in [0, 0.1) is 17.3 Å². The number of carbonyl (C=O) groups excluding carboxylic acids is 2. The van der Waals surface area contributed by atoms with Gasteiger partial charge in [-0.1, -0.05) is 6.92 Å². The van der Waals surface area contributed by atoms with Crippen LogP contribution >= 0.6 is 0 Å². The van der Waals surface area contributed by atoms with Gasteiger partial charge < -0.3 is 9.84 Å². The number of ether oxygens (including phenoxy) is 1. The number of aldehydes is 1. The van der Waals surface area contributed by atoms with Crippen molar-refractivity contribution in [1.29, 1.82) is 0 Å². The smallest absolute Gasteiger partial charge is 0.302 e. The minimum atomic E-state index is -0.172. The van der Waals surface area contributed by atoms with Crippen molar-refractivity contribution in [2.45, 2.75) is 64.4 Å². The first-order chi connectivity index (χ1) is 11.9. The Balaban J connectivity index is 1.66. The number of aromatic hydroxyl groups is 1. The van der Waals surface area contributed by atoms with Gasteiger partial charge in [0.25, 0.3) is 0 Å². The Morgan fingerprint density at radius 3 is 2.80 bits per heavy atom. The highest BCUT2D eigenvalue weighted by Gasteiger charge is 2.56. The van der Waals surface area contributed by atoms with Gasteiger partial charge in [0.15, 0.2) is 6.29 Å². The summed E-state index contributed by atoms with van der Waals surface area (Å²) in [5.41, 5.74) is 2.93. The molecular formula is C21H26O4. The summed E-state index contributed by atoms with van der Waals surface area (Å²) in [6, 6.07) is 3.70. The topological polar surface area (TPSA) is 63.6 Å². The van der Waals surface area contributed by atoms with Crippen LogP contribution in [0.25, 0.3) is 0 Å². The monoisotopic (exact) mass is 342 g/mol. The van der Waals surface area contributed by atoms with E-state index in [1.165, 1.54) is 18.1 Å². The third kappa shape index (κ3) is 2.49. The van der Waals surface area contributed by atoms with Crippen LogP contribution in [0.3, 0.4) is 0 Å². The second kappa shape index (κ2) is 5.86. The molecule has 0 saturated heterocycles. The molecule has 4 heteroatoms. The quantitative estimate of drug-likeness (QED) is 0.652. The largest absolute Gasteiger partial charge is 0.507 e. The lowest BCUT2D eigenvalue weighted by molar-refractivity contribution is -0.154. The van der Waals surface area contributed by atoms with E-state index in [4.69, 9.17) is 4.74 Å². The molecular weight excluding hydrogens is 316 g/mol. The Kier molecular flexibility index (Phi) is 3.89. The zero-order chi connectivity index (χ0) is 17.8. The lowest BCUT2D eigenvalue weighted by Gasteiger charge is -2.50. The highest BCUT2D eigenvalue weighted by molar-refractivity contribution is 5.80. The molecule has 0 bridgehead atoms. The van der Waals surface area contributed by atoms with E-state index in [0.717, 1.165) is 44.8 Å². The fourth-order valence-corrected chi connectivity index (χ4v) is 6.07. The van der Waals surface area contributed by atoms with Crippen molar-refractivity contribution >= 4 is 12.3 Å². The predicted octanol–water partition coefficient (Wildman–Crippen LogP) is 3.99. The van der Waals surface area contributed by atoms with Crippen LogP contribution in [0.2, 0.25) is 0 Å². The number of rotatable bonds is 2. The number of phenols is 1. The van der Waals surface area contributed by atoms with Crippen molar-refractivity contribution in [3.63, 3.8) is 0 Å². The van der Waals surface area contributed by atoms with Crippen LogP contribution in [0.15, 0.2) is 12.1 Å². The van der Waals surface area contributed by atoms with E-state index in [2.05, 4.69) is 6.92 Å². The van der Waals surface area contributed by atoms with Crippen LogP contribution in [0.5, 0.6) is 5.75 Å². The molecule has 0 radical (unpaired) electrons. The molecule has 4 nitrogen and oxygen atoms in total. The van der Waals surface area contributed by atoms with Gasteiger partial charge in [-0.15, -0.1) is 0 Å². The number of carbonyl (C=O) groups is 2. The molecule has 0 aromatic heterocycles. The molecule has 134 valence electrons. The summed E-state index contributed by atoms with van der Waals surface area (Å²) in [6.07, 6.45) is 7.05. The van der Waals surface area contributed by atoms with Crippen LogP contribution in [-0.4, -0.2) is 23.5 Å². The van der Waals surface area contributed by atoms with Gasteiger partial charge in [0.1, 0.15) is 11.9 Å². The Morgan fingerprint density at radius 2 is 2.08 bits per heavy atom. The van der Waals surface area contributed by atoms with Gasteiger partial charge >= 0.3 is 5.97 Å². The van der Waals surface area contributed by atoms with Gasteiger partial charge in [-0.3, -0.25) is 9.59 Å². The van der Waals surface area contributed by atoms with Crippen molar-refractivity contribution in [2.24, 2.45) is 17.3 Å². The summed E-state index contributed by atoms with van der Waals surface area (Å²) in [7, 11) is 0. The number of phenolic OH excluding ortho intramolecular Hbond substituents is 1. The van der Waals surface area contributed by atoms with Gasteiger partial charge in [-0.05, 0) is 79.5 Å². The van der Waals surface area contributed by atoms with Crippen LogP contribution < -0.4 is 0 Å². The van der Waals surface area contributed by atoms with Gasteiger partial charge in [-0.25, -0.2) is 0 Å². The first kappa shape index (κ1) is 16.6. The molecule has 1 aromatic rings. The van der Waals surface area contributed by atoms with E-state index in [1.807, 2.05) is 6.07 Å². The molecule has 5 atom stereocenters. The van der Waals surface area contributed by atoms with Gasteiger partial charge in [0.05, 0.1) is 5.56 Å². The Bertz CT molecular complexity index is 725. The van der Waals surface area contributed by atoms with Crippen molar-refractivity contribution in [2.75, 3.05) is 0 Å². The van der Waals surface area contributed by atoms with Crippen LogP contribution in [-0.2, 0) is 16.0 Å². The molecule has 0 heterocycles. The van der Waals surface area contributed by atoms with Crippen LogP contribution in [0.1, 0.15) is 73.4 Å². The zero-order valence-corrected chi connectivity index (χ0v) is 15.0. The summed E-state index contributed by atoms with van der Waals surface area (Å²) >= 11 is 0. The summed E-state index contributed by atoms with van der Waals surface area (Å²) in [5.74, 6) is 1.53. The molecule has 25 heavy (non-hydrogen) atoms. The lowest BCUT2D eigenvalue weighted by Crippen LogP contribution is -2.45. The highest BCUT2D eigenvalue weighted by Crippen LogP contribution is 2.61. The zero-order valence-electron chi connectivity index (χ0n) is 15.0. The SMILES string of the molecule is CC(=O)OC1CC[C@H]2[C@@H]3CCc4cc(O)c(C=O)cc4[C@H]3CC[C@]12C. The average molecular weight is 342 g/mol. The fraction of sp³-hybridized carbons (Fsp3) is 0.619. The van der Waals surface area contributed by atoms with E-state index < -0.39 is 0 Å². The van der Waals surface area contributed by atoms with E-state index in [1.54, 1.807) is 6.07 Å². The molecule has 3 aliphatic carbocycles. The van der Waals surface area contributed by atoms with E-state index in [-0.39, 0.29) is 23.2 Å². The number of esters is 1. The molecule has 1 unspecified atom stereocenters. The van der Waals surface area contributed by atoms with E-state index in [0.29, 0.717) is 23.3 Å². The summed E-state index contributed by atoms with van der Waals surface area (Å²) in [4.78, 5) is 22.7. The molecule has 1 aromatic carbocycles. The molecule has 0 aliphatic heterocycles. The van der Waals surface area contributed by atoms with Gasteiger partial charge in [0, 0.05) is 12.3 Å². The third-order valence-electron chi connectivity index (χ3n) is 7.22. The maximum absolute atomic E-state index is 11.5. The standard InChI is InChI=1S/C21H26O4/c1-12(23)25-20-6-5-18-16-4-3-13-10-19(24)14(11-22)9-17(13)15(16)7-8-21(18,20)2/h9-11,15-16,18,20,24H,3-8H2,1-2H3/t15-,16+,18-,20?,21-/m0/s1. The first-order valence-electron chi connectivity index (χ1n) is 9.42. The Hall–Kier alpha value is -1.84. The second-order valence-corrected chi connectivity index (χ2v) is 8.36. The molecule has 0 spiro atoms. The van der Waals surface area contributed by atoms with Crippen molar-refractivity contribution in [1.82, 2.24) is 0 Å².